The van der Waals surface area contributed by atoms with E-state index in [-0.39, 0.29) is 29.7 Å². The van der Waals surface area contributed by atoms with E-state index in [1.54, 1.807) is 4.90 Å². The summed E-state index contributed by atoms with van der Waals surface area (Å²) in [6, 6.07) is 5.34. The van der Waals surface area contributed by atoms with E-state index in [2.05, 4.69) is 28.9 Å². The first-order valence-corrected chi connectivity index (χ1v) is 9.23. The van der Waals surface area contributed by atoms with Crippen LogP contribution in [0.3, 0.4) is 0 Å². The summed E-state index contributed by atoms with van der Waals surface area (Å²) in [4.78, 5) is 37.7. The molecule has 7 heteroatoms. The van der Waals surface area contributed by atoms with Crippen molar-refractivity contribution in [3.8, 4) is 0 Å². The van der Waals surface area contributed by atoms with Crippen molar-refractivity contribution >= 4 is 17.7 Å². The highest BCUT2D eigenvalue weighted by Gasteiger charge is 2.39. The molecule has 3 aliphatic rings. The summed E-state index contributed by atoms with van der Waals surface area (Å²) in [5.41, 5.74) is 2.93. The number of nitrogens with one attached hydrogen (secondary N) is 3. The maximum Gasteiger partial charge on any atom is 0.255 e. The van der Waals surface area contributed by atoms with Crippen molar-refractivity contribution in [1.82, 2.24) is 20.9 Å². The molecule has 1 atom stereocenters. The lowest BCUT2D eigenvalue weighted by atomic mass is 9.89. The number of hydrogen-bond acceptors (Lipinski definition) is 5. The topological polar surface area (TPSA) is 90.5 Å². The Hall–Kier alpha value is -2.25. The van der Waals surface area contributed by atoms with E-state index in [1.807, 2.05) is 12.1 Å². The summed E-state index contributed by atoms with van der Waals surface area (Å²) in [5.74, 6) is -0.756. The summed E-state index contributed by atoms with van der Waals surface area (Å²) in [7, 11) is 0. The monoisotopic (exact) mass is 356 g/mol. The van der Waals surface area contributed by atoms with Gasteiger partial charge < -0.3 is 15.5 Å². The van der Waals surface area contributed by atoms with Gasteiger partial charge >= 0.3 is 0 Å². The van der Waals surface area contributed by atoms with E-state index in [9.17, 15) is 14.4 Å². The first kappa shape index (κ1) is 17.2. The van der Waals surface area contributed by atoms with Gasteiger partial charge in [-0.2, -0.15) is 0 Å². The molecule has 138 valence electrons. The van der Waals surface area contributed by atoms with Crippen LogP contribution in [0.15, 0.2) is 18.2 Å². The van der Waals surface area contributed by atoms with Crippen LogP contribution in [0.25, 0.3) is 0 Å². The van der Waals surface area contributed by atoms with Crippen molar-refractivity contribution in [2.45, 2.75) is 50.9 Å². The Labute approximate surface area is 152 Å². The zero-order chi connectivity index (χ0) is 18.3. The highest BCUT2D eigenvalue weighted by Crippen LogP contribution is 2.28. The minimum Gasteiger partial charge on any atom is -0.322 e. The maximum absolute atomic E-state index is 12.7. The average molecular weight is 356 g/mol. The molecule has 3 heterocycles. The van der Waals surface area contributed by atoms with Crippen molar-refractivity contribution in [3.63, 3.8) is 0 Å². The number of fused-ring (bicyclic) bond motifs is 1. The van der Waals surface area contributed by atoms with Gasteiger partial charge in [-0.05, 0) is 30.0 Å². The number of nitrogens with zero attached hydrogens (tertiary/aromatic N) is 1. The van der Waals surface area contributed by atoms with Crippen LogP contribution < -0.4 is 16.0 Å². The highest BCUT2D eigenvalue weighted by atomic mass is 16.2. The predicted molar refractivity (Wildman–Crippen MR) is 95.2 cm³/mol. The molecule has 3 N–H and O–H groups in total. The second-order valence-corrected chi connectivity index (χ2v) is 7.48. The molecule has 2 fully saturated rings. The molecular weight excluding hydrogens is 332 g/mol. The Morgan fingerprint density at radius 2 is 2.08 bits per heavy atom. The fourth-order valence-corrected chi connectivity index (χ4v) is 3.95. The molecule has 0 bridgehead atoms. The van der Waals surface area contributed by atoms with Crippen molar-refractivity contribution < 1.29 is 14.4 Å². The fourth-order valence-electron chi connectivity index (χ4n) is 3.95. The van der Waals surface area contributed by atoms with E-state index < -0.39 is 6.04 Å². The van der Waals surface area contributed by atoms with Crippen LogP contribution in [0.4, 0.5) is 0 Å². The molecule has 0 spiro atoms. The van der Waals surface area contributed by atoms with Gasteiger partial charge in [0.1, 0.15) is 6.04 Å². The van der Waals surface area contributed by atoms with Crippen LogP contribution >= 0.6 is 0 Å². The Bertz CT molecular complexity index is 767. The van der Waals surface area contributed by atoms with Gasteiger partial charge in [-0.25, -0.2) is 0 Å². The number of carbonyl (C=O) groups excluding carboxylic acids is 3. The number of hydrogen-bond donors (Lipinski definition) is 3. The SMILES string of the molecule is CCC1(NCc2ccc3c(c2)CN(C2CCC(=O)NC2=O)C3=O)CNC1. The van der Waals surface area contributed by atoms with E-state index in [4.69, 9.17) is 0 Å². The molecule has 26 heavy (non-hydrogen) atoms. The van der Waals surface area contributed by atoms with E-state index >= 15 is 0 Å². The fraction of sp³-hybridized carbons (Fsp3) is 0.526. The summed E-state index contributed by atoms with van der Waals surface area (Å²) in [5, 5.41) is 9.27. The van der Waals surface area contributed by atoms with Crippen LogP contribution in [-0.2, 0) is 22.7 Å². The van der Waals surface area contributed by atoms with E-state index in [0.717, 1.165) is 37.2 Å². The summed E-state index contributed by atoms with van der Waals surface area (Å²) in [6.07, 6.45) is 1.75. The first-order chi connectivity index (χ1) is 12.5. The van der Waals surface area contributed by atoms with Crippen molar-refractivity contribution in [2.75, 3.05) is 13.1 Å². The van der Waals surface area contributed by atoms with Crippen LogP contribution in [0.1, 0.15) is 47.7 Å². The quantitative estimate of drug-likeness (QED) is 0.660. The largest absolute Gasteiger partial charge is 0.322 e. The lowest BCUT2D eigenvalue weighted by Crippen LogP contribution is -2.67. The lowest BCUT2D eigenvalue weighted by molar-refractivity contribution is -0.136. The standard InChI is InChI=1S/C19H24N4O3/c1-2-19(10-20-11-19)21-8-12-3-4-14-13(7-12)9-23(18(14)26)15-5-6-16(24)22-17(15)25/h3-4,7,15,20-21H,2,5-6,8-11H2,1H3,(H,22,24,25). The van der Waals surface area contributed by atoms with Gasteiger partial charge in [0.05, 0.1) is 0 Å². The number of benzene rings is 1. The van der Waals surface area contributed by atoms with Crippen molar-refractivity contribution in [2.24, 2.45) is 0 Å². The highest BCUT2D eigenvalue weighted by molar-refractivity contribution is 6.05. The molecule has 2 saturated heterocycles. The van der Waals surface area contributed by atoms with Crippen LogP contribution in [0, 0.1) is 0 Å². The molecule has 1 aromatic rings. The second kappa shape index (κ2) is 6.48. The number of carbonyl (C=O) groups is 3. The van der Waals surface area contributed by atoms with Gasteiger partial charge in [-0.1, -0.05) is 19.1 Å². The normalized spacial score (nSPS) is 24.3. The Morgan fingerprint density at radius 3 is 2.73 bits per heavy atom. The van der Waals surface area contributed by atoms with Gasteiger partial charge in [-0.3, -0.25) is 19.7 Å². The minimum absolute atomic E-state index is 0.123. The van der Waals surface area contributed by atoms with E-state index in [0.29, 0.717) is 18.5 Å². The number of piperidine rings is 1. The maximum atomic E-state index is 12.7. The van der Waals surface area contributed by atoms with Crippen molar-refractivity contribution in [1.29, 1.82) is 0 Å². The number of rotatable bonds is 5. The zero-order valence-electron chi connectivity index (χ0n) is 14.9. The zero-order valence-corrected chi connectivity index (χ0v) is 14.9. The molecule has 0 radical (unpaired) electrons. The van der Waals surface area contributed by atoms with Gasteiger partial charge in [0.15, 0.2) is 0 Å². The van der Waals surface area contributed by atoms with Gasteiger partial charge in [0.2, 0.25) is 11.8 Å². The molecule has 1 aromatic carbocycles. The molecule has 3 aliphatic heterocycles. The summed E-state index contributed by atoms with van der Waals surface area (Å²) >= 11 is 0. The van der Waals surface area contributed by atoms with Crippen molar-refractivity contribution in [3.05, 3.63) is 34.9 Å². The molecule has 7 nitrogen and oxygen atoms in total. The minimum atomic E-state index is -0.557. The van der Waals surface area contributed by atoms with E-state index in [1.165, 1.54) is 0 Å². The number of imide groups is 1. The summed E-state index contributed by atoms with van der Waals surface area (Å²) < 4.78 is 0. The Morgan fingerprint density at radius 1 is 1.27 bits per heavy atom. The predicted octanol–water partition coefficient (Wildman–Crippen LogP) is 0.289. The molecule has 0 saturated carbocycles. The van der Waals surface area contributed by atoms with Crippen LogP contribution in [-0.4, -0.2) is 47.3 Å². The van der Waals surface area contributed by atoms with Gasteiger partial charge in [-0.15, -0.1) is 0 Å². The smallest absolute Gasteiger partial charge is 0.255 e. The summed E-state index contributed by atoms with van der Waals surface area (Å²) in [6.45, 7) is 5.34. The molecule has 0 aromatic heterocycles. The Kier molecular flexibility index (Phi) is 4.28. The Balaban J connectivity index is 1.46. The third kappa shape index (κ3) is 2.91. The third-order valence-electron chi connectivity index (χ3n) is 5.86. The lowest BCUT2D eigenvalue weighted by Gasteiger charge is -2.43. The third-order valence-corrected chi connectivity index (χ3v) is 5.86. The second-order valence-electron chi connectivity index (χ2n) is 7.48. The van der Waals surface area contributed by atoms with Gasteiger partial charge in [0.25, 0.3) is 5.91 Å². The number of amides is 3. The van der Waals surface area contributed by atoms with Crippen LogP contribution in [0.2, 0.25) is 0 Å². The first-order valence-electron chi connectivity index (χ1n) is 9.23. The molecular formula is C19H24N4O3. The molecule has 3 amide bonds. The average Bonchev–Trinajstić information content (AvgIpc) is 2.90. The molecule has 4 rings (SSSR count). The molecule has 0 aliphatic carbocycles. The van der Waals surface area contributed by atoms with Gasteiger partial charge in [0, 0.05) is 43.7 Å². The molecule has 1 unspecified atom stereocenters. The van der Waals surface area contributed by atoms with Crippen LogP contribution in [0.5, 0.6) is 0 Å².